The summed E-state index contributed by atoms with van der Waals surface area (Å²) in [6.07, 6.45) is -4.97. The van der Waals surface area contributed by atoms with Crippen LogP contribution in [0.4, 0.5) is 13.2 Å². The summed E-state index contributed by atoms with van der Waals surface area (Å²) in [5, 5.41) is 8.64. The maximum absolute atomic E-state index is 12.7. The second-order valence-corrected chi connectivity index (χ2v) is 7.84. The molecule has 0 bridgehead atoms. The van der Waals surface area contributed by atoms with Crippen molar-refractivity contribution in [3.8, 4) is 11.5 Å². The molecular weight excluding hydrogens is 497 g/mol. The molecule has 0 spiro atoms. The van der Waals surface area contributed by atoms with Gasteiger partial charge < -0.3 is 19.3 Å². The van der Waals surface area contributed by atoms with E-state index in [1.807, 2.05) is 13.8 Å². The smallest absolute Gasteiger partial charge is 0.419 e. The van der Waals surface area contributed by atoms with Crippen molar-refractivity contribution in [3.05, 3.63) is 57.6 Å². The number of benzene rings is 2. The predicted octanol–water partition coefficient (Wildman–Crippen LogP) is 6.21. The van der Waals surface area contributed by atoms with Gasteiger partial charge in [0.2, 0.25) is 0 Å². The number of carboxylic acid groups (broad SMARTS) is 1. The number of hydrogen-bond donors (Lipinski definition) is 1. The fraction of sp³-hybridized carbons (Fsp3) is 0.364. The van der Waals surface area contributed by atoms with Crippen molar-refractivity contribution in [3.63, 3.8) is 0 Å². The Morgan fingerprint density at radius 2 is 1.41 bits per heavy atom. The van der Waals surface area contributed by atoms with Crippen LogP contribution in [0.15, 0.2) is 40.9 Å². The number of rotatable bonds is 6. The number of aromatic carboxylic acids is 1. The fourth-order valence-corrected chi connectivity index (χ4v) is 2.81. The largest absolute Gasteiger partial charge is 0.490 e. The number of carboxylic acids is 1. The molecule has 0 aliphatic rings. The van der Waals surface area contributed by atoms with Crippen molar-refractivity contribution in [1.29, 1.82) is 0 Å². The third kappa shape index (κ3) is 8.41. The SMILES string of the molecule is CC(C)Oc1ccc(C(=O)O)cc1C(F)(F)F.COC(=O)c1ccc(OC(C)C)c(Br)c1. The molecule has 0 saturated carbocycles. The lowest BCUT2D eigenvalue weighted by atomic mass is 10.1. The van der Waals surface area contributed by atoms with E-state index in [1.165, 1.54) is 7.11 Å². The van der Waals surface area contributed by atoms with Crippen LogP contribution in [0.3, 0.4) is 0 Å². The summed E-state index contributed by atoms with van der Waals surface area (Å²) in [4.78, 5) is 21.8. The number of ether oxygens (including phenoxy) is 3. The molecule has 0 aliphatic carbocycles. The van der Waals surface area contributed by atoms with E-state index in [1.54, 1.807) is 32.0 Å². The Kier molecular flexibility index (Phi) is 10.0. The van der Waals surface area contributed by atoms with E-state index < -0.39 is 29.4 Å². The van der Waals surface area contributed by atoms with E-state index in [2.05, 4.69) is 20.7 Å². The van der Waals surface area contributed by atoms with E-state index in [-0.39, 0.29) is 17.8 Å². The highest BCUT2D eigenvalue weighted by Gasteiger charge is 2.35. The zero-order chi connectivity index (χ0) is 24.6. The molecule has 0 atom stereocenters. The molecule has 0 aromatic heterocycles. The van der Waals surface area contributed by atoms with E-state index in [9.17, 15) is 22.8 Å². The first kappa shape index (κ1) is 27.3. The molecule has 0 aliphatic heterocycles. The number of alkyl halides is 3. The van der Waals surface area contributed by atoms with E-state index in [0.29, 0.717) is 11.6 Å². The van der Waals surface area contributed by atoms with Gasteiger partial charge in [0.25, 0.3) is 0 Å². The summed E-state index contributed by atoms with van der Waals surface area (Å²) in [5.74, 6) is -1.41. The van der Waals surface area contributed by atoms with Crippen molar-refractivity contribution in [2.45, 2.75) is 46.1 Å². The van der Waals surface area contributed by atoms with E-state index in [4.69, 9.17) is 14.6 Å². The van der Waals surface area contributed by atoms with Gasteiger partial charge in [0, 0.05) is 0 Å². The van der Waals surface area contributed by atoms with E-state index in [0.717, 1.165) is 22.4 Å². The van der Waals surface area contributed by atoms with Crippen LogP contribution in [0.2, 0.25) is 0 Å². The number of carbonyl (C=O) groups excluding carboxylic acids is 1. The molecule has 0 fully saturated rings. The predicted molar refractivity (Wildman–Crippen MR) is 115 cm³/mol. The van der Waals surface area contributed by atoms with Gasteiger partial charge in [-0.05, 0) is 80.0 Å². The monoisotopic (exact) mass is 520 g/mol. The van der Waals surface area contributed by atoms with Gasteiger partial charge in [-0.3, -0.25) is 0 Å². The quantitative estimate of drug-likeness (QED) is 0.455. The minimum atomic E-state index is -4.64. The number of halogens is 4. The second kappa shape index (κ2) is 11.8. The van der Waals surface area contributed by atoms with Gasteiger partial charge in [-0.1, -0.05) is 0 Å². The van der Waals surface area contributed by atoms with Crippen LogP contribution < -0.4 is 9.47 Å². The molecule has 0 radical (unpaired) electrons. The maximum atomic E-state index is 12.7. The Balaban J connectivity index is 0.000000323. The van der Waals surface area contributed by atoms with Crippen LogP contribution in [-0.4, -0.2) is 36.4 Å². The molecule has 176 valence electrons. The van der Waals surface area contributed by atoms with Crippen molar-refractivity contribution in [2.24, 2.45) is 0 Å². The number of esters is 1. The van der Waals surface area contributed by atoms with Crippen LogP contribution in [-0.2, 0) is 10.9 Å². The van der Waals surface area contributed by atoms with Crippen LogP contribution in [0, 0.1) is 0 Å². The Morgan fingerprint density at radius 1 is 0.906 bits per heavy atom. The second-order valence-electron chi connectivity index (χ2n) is 6.98. The highest BCUT2D eigenvalue weighted by Crippen LogP contribution is 2.37. The number of hydrogen-bond acceptors (Lipinski definition) is 5. The highest BCUT2D eigenvalue weighted by molar-refractivity contribution is 9.10. The first-order chi connectivity index (χ1) is 14.8. The first-order valence-electron chi connectivity index (χ1n) is 9.42. The zero-order valence-corrected chi connectivity index (χ0v) is 19.7. The van der Waals surface area contributed by atoms with Gasteiger partial charge >= 0.3 is 18.1 Å². The van der Waals surface area contributed by atoms with Gasteiger partial charge in [0.15, 0.2) is 0 Å². The molecule has 1 N–H and O–H groups in total. The molecule has 0 amide bonds. The van der Waals surface area contributed by atoms with Crippen LogP contribution in [0.5, 0.6) is 11.5 Å². The Bertz CT molecular complexity index is 942. The van der Waals surface area contributed by atoms with E-state index >= 15 is 0 Å². The van der Waals surface area contributed by atoms with Crippen molar-refractivity contribution in [2.75, 3.05) is 7.11 Å². The third-order valence-electron chi connectivity index (χ3n) is 3.61. The lowest BCUT2D eigenvalue weighted by molar-refractivity contribution is -0.139. The topological polar surface area (TPSA) is 82.1 Å². The molecule has 6 nitrogen and oxygen atoms in total. The average Bonchev–Trinajstić information content (AvgIpc) is 2.68. The minimum Gasteiger partial charge on any atom is -0.490 e. The van der Waals surface area contributed by atoms with Crippen LogP contribution >= 0.6 is 15.9 Å². The van der Waals surface area contributed by atoms with Crippen molar-refractivity contribution < 1.29 is 42.1 Å². The molecule has 2 aromatic rings. The van der Waals surface area contributed by atoms with Crippen LogP contribution in [0.1, 0.15) is 54.0 Å². The Labute approximate surface area is 192 Å². The third-order valence-corrected chi connectivity index (χ3v) is 4.23. The van der Waals surface area contributed by atoms with Crippen molar-refractivity contribution >= 4 is 27.9 Å². The lowest BCUT2D eigenvalue weighted by Gasteiger charge is -2.16. The molecule has 2 rings (SSSR count). The van der Waals surface area contributed by atoms with Gasteiger partial charge in [0.1, 0.15) is 11.5 Å². The van der Waals surface area contributed by atoms with Crippen LogP contribution in [0.25, 0.3) is 0 Å². The lowest BCUT2D eigenvalue weighted by Crippen LogP contribution is -2.14. The number of methoxy groups -OCH3 is 1. The summed E-state index contributed by atoms with van der Waals surface area (Å²) in [5.41, 5.74) is -1.000. The molecule has 2 aromatic carbocycles. The molecule has 0 unspecified atom stereocenters. The molecule has 0 heterocycles. The summed E-state index contributed by atoms with van der Waals surface area (Å²) in [6.45, 7) is 7.07. The Morgan fingerprint density at radius 3 is 1.84 bits per heavy atom. The molecule has 32 heavy (non-hydrogen) atoms. The Hall–Kier alpha value is -2.75. The molecular formula is C22H24BrF3O6. The summed E-state index contributed by atoms with van der Waals surface area (Å²) in [7, 11) is 1.36. The normalized spacial score (nSPS) is 11.0. The first-order valence-corrected chi connectivity index (χ1v) is 10.2. The number of carbonyl (C=O) groups is 2. The zero-order valence-electron chi connectivity index (χ0n) is 18.1. The van der Waals surface area contributed by atoms with Gasteiger partial charge in [-0.25, -0.2) is 9.59 Å². The summed E-state index contributed by atoms with van der Waals surface area (Å²) in [6, 6.07) is 7.77. The van der Waals surface area contributed by atoms with Crippen molar-refractivity contribution in [1.82, 2.24) is 0 Å². The minimum absolute atomic E-state index is 0.102. The van der Waals surface area contributed by atoms with Gasteiger partial charge in [0.05, 0.1) is 40.5 Å². The fourth-order valence-electron chi connectivity index (χ4n) is 2.34. The average molecular weight is 521 g/mol. The highest BCUT2D eigenvalue weighted by atomic mass is 79.9. The van der Waals surface area contributed by atoms with Gasteiger partial charge in [-0.15, -0.1) is 0 Å². The molecule has 10 heteroatoms. The standard InChI is InChI=1S/C11H13BrO3.C11H11F3O3/c1-7(2)15-10-5-4-8(6-9(10)12)11(13)14-3;1-6(2)17-9-4-3-7(10(15)16)5-8(9)11(12,13)14/h4-7H,1-3H3;3-6H,1-2H3,(H,15,16). The molecule has 0 saturated heterocycles. The summed E-state index contributed by atoms with van der Waals surface area (Å²) < 4.78 is 53.9. The maximum Gasteiger partial charge on any atom is 0.419 e. The summed E-state index contributed by atoms with van der Waals surface area (Å²) >= 11 is 3.34. The van der Waals surface area contributed by atoms with Gasteiger partial charge in [-0.2, -0.15) is 13.2 Å².